The van der Waals surface area contributed by atoms with Gasteiger partial charge in [-0.05, 0) is 56.7 Å². The standard InChI is InChI=1S/C24H34FN5O2/c1-2-27-24(28-16-19-6-7-23(22(25)15-19)30-13-10-26-18-30)29-11-8-20(9-12-29)32-17-21-5-3-4-14-31-21/h6-7,10,13,15,18,20-21H,2-5,8-9,11-12,14,16-17H2,1H3,(H,27,28). The van der Waals surface area contributed by atoms with Crippen LogP contribution in [0.25, 0.3) is 5.69 Å². The molecule has 0 radical (unpaired) electrons. The number of nitrogens with one attached hydrogen (secondary N) is 1. The van der Waals surface area contributed by atoms with Crippen molar-refractivity contribution in [3.63, 3.8) is 0 Å². The molecule has 2 saturated heterocycles. The van der Waals surface area contributed by atoms with E-state index in [0.717, 1.165) is 57.0 Å². The zero-order valence-electron chi connectivity index (χ0n) is 18.9. The quantitative estimate of drug-likeness (QED) is 0.524. The highest BCUT2D eigenvalue weighted by molar-refractivity contribution is 5.80. The van der Waals surface area contributed by atoms with Gasteiger partial charge in [-0.15, -0.1) is 0 Å². The minimum Gasteiger partial charge on any atom is -0.376 e. The number of imidazole rings is 1. The van der Waals surface area contributed by atoms with Crippen LogP contribution in [0, 0.1) is 5.82 Å². The van der Waals surface area contributed by atoms with Crippen LogP contribution in [0.15, 0.2) is 41.9 Å². The summed E-state index contributed by atoms with van der Waals surface area (Å²) in [6, 6.07) is 5.24. The van der Waals surface area contributed by atoms with Crippen molar-refractivity contribution in [2.45, 2.75) is 57.8 Å². The Hall–Kier alpha value is -2.45. The third-order valence-corrected chi connectivity index (χ3v) is 6.07. The Kier molecular flexibility index (Phi) is 8.12. The summed E-state index contributed by atoms with van der Waals surface area (Å²) in [5, 5.41) is 3.38. The molecular formula is C24H34FN5O2. The van der Waals surface area contributed by atoms with Gasteiger partial charge in [-0.25, -0.2) is 14.4 Å². The van der Waals surface area contributed by atoms with E-state index in [1.807, 2.05) is 6.07 Å². The molecule has 0 aliphatic carbocycles. The maximum Gasteiger partial charge on any atom is 0.194 e. The van der Waals surface area contributed by atoms with Gasteiger partial charge < -0.3 is 24.3 Å². The molecule has 0 amide bonds. The topological polar surface area (TPSA) is 63.9 Å². The summed E-state index contributed by atoms with van der Waals surface area (Å²) in [4.78, 5) is 11.0. The Morgan fingerprint density at radius 3 is 2.84 bits per heavy atom. The van der Waals surface area contributed by atoms with E-state index >= 15 is 0 Å². The number of aliphatic imine (C=N–C) groups is 1. The van der Waals surface area contributed by atoms with Gasteiger partial charge in [-0.1, -0.05) is 6.07 Å². The third-order valence-electron chi connectivity index (χ3n) is 6.07. The van der Waals surface area contributed by atoms with Gasteiger partial charge in [0.25, 0.3) is 0 Å². The van der Waals surface area contributed by atoms with Crippen molar-refractivity contribution in [3.05, 3.63) is 48.3 Å². The zero-order chi connectivity index (χ0) is 22.2. The number of hydrogen-bond donors (Lipinski definition) is 1. The predicted molar refractivity (Wildman–Crippen MR) is 122 cm³/mol. The molecule has 3 heterocycles. The lowest BCUT2D eigenvalue weighted by molar-refractivity contribution is -0.0721. The number of guanidine groups is 1. The smallest absolute Gasteiger partial charge is 0.194 e. The van der Waals surface area contributed by atoms with E-state index in [4.69, 9.17) is 14.5 Å². The number of rotatable bonds is 7. The molecule has 2 aromatic rings. The molecule has 2 fully saturated rings. The first kappa shape index (κ1) is 22.7. The fourth-order valence-electron chi connectivity index (χ4n) is 4.27. The van der Waals surface area contributed by atoms with Crippen molar-refractivity contribution in [2.75, 3.05) is 32.8 Å². The monoisotopic (exact) mass is 443 g/mol. The number of aromatic nitrogens is 2. The molecule has 8 heteroatoms. The highest BCUT2D eigenvalue weighted by Gasteiger charge is 2.23. The minimum absolute atomic E-state index is 0.265. The van der Waals surface area contributed by atoms with Gasteiger partial charge in [0, 0.05) is 38.6 Å². The van der Waals surface area contributed by atoms with Crippen LogP contribution in [-0.4, -0.2) is 65.5 Å². The molecule has 0 bridgehead atoms. The van der Waals surface area contributed by atoms with Crippen LogP contribution in [-0.2, 0) is 16.0 Å². The van der Waals surface area contributed by atoms with Crippen molar-refractivity contribution >= 4 is 5.96 Å². The fraction of sp³-hybridized carbons (Fsp3) is 0.583. The van der Waals surface area contributed by atoms with Gasteiger partial charge in [0.15, 0.2) is 5.96 Å². The zero-order valence-corrected chi connectivity index (χ0v) is 18.9. The first-order valence-corrected chi connectivity index (χ1v) is 11.8. The van der Waals surface area contributed by atoms with E-state index in [9.17, 15) is 4.39 Å². The molecular weight excluding hydrogens is 409 g/mol. The third kappa shape index (κ3) is 6.07. The summed E-state index contributed by atoms with van der Waals surface area (Å²) in [6.45, 7) is 6.66. The van der Waals surface area contributed by atoms with Gasteiger partial charge >= 0.3 is 0 Å². The Morgan fingerprint density at radius 2 is 2.16 bits per heavy atom. The summed E-state index contributed by atoms with van der Waals surface area (Å²) in [5.41, 5.74) is 1.33. The van der Waals surface area contributed by atoms with Crippen LogP contribution in [0.4, 0.5) is 4.39 Å². The number of nitrogens with zero attached hydrogens (tertiary/aromatic N) is 4. The average Bonchev–Trinajstić information content (AvgIpc) is 3.36. The lowest BCUT2D eigenvalue weighted by Crippen LogP contribution is -2.47. The molecule has 1 aromatic carbocycles. The summed E-state index contributed by atoms with van der Waals surface area (Å²) < 4.78 is 28.1. The summed E-state index contributed by atoms with van der Waals surface area (Å²) in [6.07, 6.45) is 11.0. The molecule has 2 aliphatic heterocycles. The second-order valence-corrected chi connectivity index (χ2v) is 8.43. The van der Waals surface area contributed by atoms with Gasteiger partial charge in [-0.2, -0.15) is 0 Å². The van der Waals surface area contributed by atoms with Crippen molar-refractivity contribution in [3.8, 4) is 5.69 Å². The molecule has 1 N–H and O–H groups in total. The Morgan fingerprint density at radius 1 is 1.28 bits per heavy atom. The molecule has 1 atom stereocenters. The van der Waals surface area contributed by atoms with Crippen LogP contribution in [0.2, 0.25) is 0 Å². The molecule has 1 unspecified atom stereocenters. The second kappa shape index (κ2) is 11.4. The van der Waals surface area contributed by atoms with Crippen LogP contribution < -0.4 is 5.32 Å². The Bertz CT molecular complexity index is 859. The van der Waals surface area contributed by atoms with Crippen LogP contribution in [0.5, 0.6) is 0 Å². The normalized spacial score (nSPS) is 20.5. The molecule has 1 aromatic heterocycles. The van der Waals surface area contributed by atoms with Gasteiger partial charge in [-0.3, -0.25) is 0 Å². The van der Waals surface area contributed by atoms with Gasteiger partial charge in [0.1, 0.15) is 5.82 Å². The highest BCUT2D eigenvalue weighted by Crippen LogP contribution is 2.19. The fourth-order valence-corrected chi connectivity index (χ4v) is 4.27. The summed E-state index contributed by atoms with van der Waals surface area (Å²) in [7, 11) is 0. The van der Waals surface area contributed by atoms with Crippen LogP contribution >= 0.6 is 0 Å². The molecule has 0 spiro atoms. The van der Waals surface area contributed by atoms with E-state index in [1.54, 1.807) is 35.4 Å². The molecule has 174 valence electrons. The first-order chi connectivity index (χ1) is 15.7. The number of benzene rings is 1. The van der Waals surface area contributed by atoms with E-state index in [-0.39, 0.29) is 18.0 Å². The van der Waals surface area contributed by atoms with Crippen molar-refractivity contribution in [1.82, 2.24) is 19.8 Å². The van der Waals surface area contributed by atoms with Crippen molar-refractivity contribution in [1.29, 1.82) is 0 Å². The maximum absolute atomic E-state index is 14.5. The number of ether oxygens (including phenoxy) is 2. The van der Waals surface area contributed by atoms with E-state index in [0.29, 0.717) is 18.8 Å². The number of hydrogen-bond acceptors (Lipinski definition) is 4. The van der Waals surface area contributed by atoms with Gasteiger partial charge in [0.2, 0.25) is 0 Å². The summed E-state index contributed by atoms with van der Waals surface area (Å²) >= 11 is 0. The minimum atomic E-state index is -0.277. The lowest BCUT2D eigenvalue weighted by Gasteiger charge is -2.35. The number of likely N-dealkylation sites (tertiary alicyclic amines) is 1. The van der Waals surface area contributed by atoms with E-state index < -0.39 is 0 Å². The largest absolute Gasteiger partial charge is 0.376 e. The summed E-state index contributed by atoms with van der Waals surface area (Å²) in [5.74, 6) is 0.598. The average molecular weight is 444 g/mol. The molecule has 2 aliphatic rings. The number of halogens is 1. The first-order valence-electron chi connectivity index (χ1n) is 11.8. The van der Waals surface area contributed by atoms with E-state index in [1.165, 1.54) is 12.8 Å². The SMILES string of the molecule is CCNC(=NCc1ccc(-n2ccnc2)c(F)c1)N1CCC(OCC2CCCCO2)CC1. The van der Waals surface area contributed by atoms with Crippen molar-refractivity contribution < 1.29 is 13.9 Å². The maximum atomic E-state index is 14.5. The Balaban J connectivity index is 1.30. The molecule has 32 heavy (non-hydrogen) atoms. The predicted octanol–water partition coefficient (Wildman–Crippen LogP) is 3.53. The Labute approximate surface area is 189 Å². The number of piperidine rings is 1. The van der Waals surface area contributed by atoms with E-state index in [2.05, 4.69) is 22.1 Å². The molecule has 7 nitrogen and oxygen atoms in total. The molecule has 0 saturated carbocycles. The molecule has 4 rings (SSSR count). The van der Waals surface area contributed by atoms with Crippen LogP contribution in [0.3, 0.4) is 0 Å². The van der Waals surface area contributed by atoms with Crippen molar-refractivity contribution in [2.24, 2.45) is 4.99 Å². The van der Waals surface area contributed by atoms with Crippen LogP contribution in [0.1, 0.15) is 44.6 Å². The lowest BCUT2D eigenvalue weighted by atomic mass is 10.1. The van der Waals surface area contributed by atoms with Gasteiger partial charge in [0.05, 0.1) is 37.4 Å². The second-order valence-electron chi connectivity index (χ2n) is 8.43. The highest BCUT2D eigenvalue weighted by atomic mass is 19.1.